The summed E-state index contributed by atoms with van der Waals surface area (Å²) in [5.74, 6) is 3.17. The summed E-state index contributed by atoms with van der Waals surface area (Å²) < 4.78 is 33.1. The minimum absolute atomic E-state index is 0.122. The van der Waals surface area contributed by atoms with Crippen LogP contribution >= 0.6 is 0 Å². The van der Waals surface area contributed by atoms with Crippen LogP contribution in [-0.4, -0.2) is 93.5 Å². The van der Waals surface area contributed by atoms with E-state index in [-0.39, 0.29) is 31.7 Å². The number of carbonyl (C=O) groups is 2. The van der Waals surface area contributed by atoms with E-state index in [1.54, 1.807) is 35.1 Å². The van der Waals surface area contributed by atoms with Crippen LogP contribution in [0, 0.1) is 6.92 Å². The van der Waals surface area contributed by atoms with Crippen molar-refractivity contribution in [1.29, 1.82) is 0 Å². The molecule has 3 heterocycles. The lowest BCUT2D eigenvalue weighted by Gasteiger charge is -2.31. The van der Waals surface area contributed by atoms with Crippen LogP contribution in [0.4, 0.5) is 0 Å². The molecule has 1 fully saturated rings. The Balaban J connectivity index is 1.39. The van der Waals surface area contributed by atoms with E-state index in [1.165, 1.54) is 7.11 Å². The lowest BCUT2D eigenvalue weighted by atomic mass is 10.1. The van der Waals surface area contributed by atoms with Crippen molar-refractivity contribution in [1.82, 2.24) is 14.7 Å². The third kappa shape index (κ3) is 7.15. The highest BCUT2D eigenvalue weighted by Crippen LogP contribution is 2.33. The highest BCUT2D eigenvalue weighted by Gasteiger charge is 2.27. The predicted octanol–water partition coefficient (Wildman–Crippen LogP) is 3.34. The molecule has 3 aromatic rings. The molecule has 0 radical (unpaired) electrons. The molecule has 0 N–H and O–H groups in total. The zero-order valence-corrected chi connectivity index (χ0v) is 24.3. The number of rotatable bonds is 12. The number of morpholine rings is 1. The predicted molar refractivity (Wildman–Crippen MR) is 153 cm³/mol. The average Bonchev–Trinajstić information content (AvgIpc) is 3.66. The molecular formula is C31H37N3O8. The second-order valence-electron chi connectivity index (χ2n) is 10.2. The highest BCUT2D eigenvalue weighted by molar-refractivity contribution is 5.99. The Morgan fingerprint density at radius 2 is 1.71 bits per heavy atom. The normalized spacial score (nSPS) is 14.5. The van der Waals surface area contributed by atoms with Crippen molar-refractivity contribution >= 4 is 11.8 Å². The fraction of sp³-hybridized carbons (Fsp3) is 0.419. The molecule has 0 spiro atoms. The lowest BCUT2D eigenvalue weighted by molar-refractivity contribution is -0.133. The van der Waals surface area contributed by atoms with E-state index in [0.717, 1.165) is 24.4 Å². The average molecular weight is 580 g/mol. The van der Waals surface area contributed by atoms with Crippen molar-refractivity contribution in [2.24, 2.45) is 0 Å². The van der Waals surface area contributed by atoms with E-state index in [9.17, 15) is 9.59 Å². The molecule has 0 unspecified atom stereocenters. The maximum absolute atomic E-state index is 14.0. The smallest absolute Gasteiger partial charge is 0.258 e. The first-order valence-corrected chi connectivity index (χ1v) is 14.0. The van der Waals surface area contributed by atoms with Gasteiger partial charge in [0.15, 0.2) is 11.5 Å². The monoisotopic (exact) mass is 579 g/mol. The first kappa shape index (κ1) is 29.3. The van der Waals surface area contributed by atoms with Gasteiger partial charge in [-0.05, 0) is 48.9 Å². The van der Waals surface area contributed by atoms with Gasteiger partial charge in [-0.15, -0.1) is 0 Å². The number of methoxy groups -OCH3 is 2. The standard InChI is InChI=1S/C31H37N3O8/c1-22-4-6-25(42-22)19-34(18-23-5-9-27-29(16-23)41-21-40-27)30(35)20-33(11-10-32-12-14-39-15-13-32)31(36)26-8-7-24(37-2)17-28(26)38-3/h4-9,16-17H,10-15,18-21H2,1-3H3. The van der Waals surface area contributed by atoms with E-state index in [4.69, 9.17) is 28.1 Å². The highest BCUT2D eigenvalue weighted by atomic mass is 16.7. The maximum atomic E-state index is 14.0. The van der Waals surface area contributed by atoms with Crippen LogP contribution in [0.25, 0.3) is 0 Å². The molecule has 42 heavy (non-hydrogen) atoms. The van der Waals surface area contributed by atoms with Gasteiger partial charge >= 0.3 is 0 Å². The van der Waals surface area contributed by atoms with E-state index < -0.39 is 0 Å². The van der Waals surface area contributed by atoms with Gasteiger partial charge < -0.3 is 37.9 Å². The Morgan fingerprint density at radius 1 is 0.905 bits per heavy atom. The summed E-state index contributed by atoms with van der Waals surface area (Å²) in [5, 5.41) is 0. The van der Waals surface area contributed by atoms with Gasteiger partial charge in [-0.2, -0.15) is 0 Å². The maximum Gasteiger partial charge on any atom is 0.258 e. The third-order valence-corrected chi connectivity index (χ3v) is 7.35. The second kappa shape index (κ2) is 13.6. The second-order valence-corrected chi connectivity index (χ2v) is 10.2. The molecule has 224 valence electrons. The van der Waals surface area contributed by atoms with Gasteiger partial charge in [0.1, 0.15) is 29.6 Å². The SMILES string of the molecule is COc1ccc(C(=O)N(CCN2CCOCC2)CC(=O)N(Cc2ccc3c(c2)OCO3)Cc2ccc(C)o2)c(OC)c1. The summed E-state index contributed by atoms with van der Waals surface area (Å²) in [6.07, 6.45) is 0. The Kier molecular flexibility index (Phi) is 9.50. The molecule has 1 aromatic heterocycles. The minimum atomic E-state index is -0.298. The largest absolute Gasteiger partial charge is 0.497 e. The van der Waals surface area contributed by atoms with Crippen molar-refractivity contribution in [3.63, 3.8) is 0 Å². The Bertz CT molecular complexity index is 1380. The molecule has 0 saturated carbocycles. The Morgan fingerprint density at radius 3 is 2.45 bits per heavy atom. The van der Waals surface area contributed by atoms with Crippen LogP contribution in [0.5, 0.6) is 23.0 Å². The van der Waals surface area contributed by atoms with E-state index in [1.807, 2.05) is 37.3 Å². The van der Waals surface area contributed by atoms with Crippen LogP contribution in [-0.2, 0) is 22.6 Å². The van der Waals surface area contributed by atoms with Crippen molar-refractivity contribution in [3.8, 4) is 23.0 Å². The van der Waals surface area contributed by atoms with E-state index >= 15 is 0 Å². The summed E-state index contributed by atoms with van der Waals surface area (Å²) in [7, 11) is 3.06. The molecule has 2 aromatic carbocycles. The van der Waals surface area contributed by atoms with Crippen molar-refractivity contribution < 1.29 is 37.7 Å². The van der Waals surface area contributed by atoms with E-state index in [2.05, 4.69) is 4.90 Å². The van der Waals surface area contributed by atoms with Gasteiger partial charge in [-0.3, -0.25) is 14.5 Å². The molecule has 0 aliphatic carbocycles. The van der Waals surface area contributed by atoms with Gasteiger partial charge in [-0.1, -0.05) is 6.07 Å². The number of amides is 2. The number of hydrogen-bond donors (Lipinski definition) is 0. The molecule has 2 aliphatic rings. The van der Waals surface area contributed by atoms with E-state index in [0.29, 0.717) is 67.2 Å². The Hall–Kier alpha value is -4.22. The molecule has 0 atom stereocenters. The zero-order chi connectivity index (χ0) is 29.5. The summed E-state index contributed by atoms with van der Waals surface area (Å²) in [6, 6.07) is 14.4. The fourth-order valence-corrected chi connectivity index (χ4v) is 5.00. The number of furan rings is 1. The van der Waals surface area contributed by atoms with Gasteiger partial charge in [0.25, 0.3) is 5.91 Å². The number of hydrogen-bond acceptors (Lipinski definition) is 9. The number of carbonyl (C=O) groups excluding carboxylic acids is 2. The number of aryl methyl sites for hydroxylation is 1. The van der Waals surface area contributed by atoms with Crippen LogP contribution in [0.15, 0.2) is 52.9 Å². The van der Waals surface area contributed by atoms with Crippen molar-refractivity contribution in [2.75, 3.05) is 67.0 Å². The number of benzene rings is 2. The topological polar surface area (TPSA) is 103 Å². The molecule has 1 saturated heterocycles. The lowest BCUT2D eigenvalue weighted by Crippen LogP contribution is -2.47. The molecule has 11 heteroatoms. The number of fused-ring (bicyclic) bond motifs is 1. The summed E-state index contributed by atoms with van der Waals surface area (Å²) in [4.78, 5) is 33.4. The summed E-state index contributed by atoms with van der Waals surface area (Å²) in [6.45, 7) is 6.26. The van der Waals surface area contributed by atoms with Crippen molar-refractivity contribution in [2.45, 2.75) is 20.0 Å². The van der Waals surface area contributed by atoms with Crippen LogP contribution < -0.4 is 18.9 Å². The summed E-state index contributed by atoms with van der Waals surface area (Å²) in [5.41, 5.74) is 1.23. The molecule has 0 bridgehead atoms. The fourth-order valence-electron chi connectivity index (χ4n) is 5.00. The van der Waals surface area contributed by atoms with Crippen molar-refractivity contribution in [3.05, 3.63) is 71.2 Å². The minimum Gasteiger partial charge on any atom is -0.497 e. The molecular weight excluding hydrogens is 542 g/mol. The van der Waals surface area contributed by atoms with Gasteiger partial charge in [-0.25, -0.2) is 0 Å². The zero-order valence-electron chi connectivity index (χ0n) is 24.3. The molecule has 11 nitrogen and oxygen atoms in total. The number of nitrogens with zero attached hydrogens (tertiary/aromatic N) is 3. The third-order valence-electron chi connectivity index (χ3n) is 7.35. The number of ether oxygens (including phenoxy) is 5. The Labute approximate surface area is 245 Å². The van der Waals surface area contributed by atoms with Gasteiger partial charge in [0.05, 0.1) is 39.5 Å². The van der Waals surface area contributed by atoms with Crippen LogP contribution in [0.2, 0.25) is 0 Å². The molecule has 2 aliphatic heterocycles. The first-order chi connectivity index (χ1) is 20.4. The first-order valence-electron chi connectivity index (χ1n) is 14.0. The van der Waals surface area contributed by atoms with Gasteiger partial charge in [0, 0.05) is 38.8 Å². The van der Waals surface area contributed by atoms with Crippen LogP contribution in [0.1, 0.15) is 27.4 Å². The molecule has 2 amide bonds. The van der Waals surface area contributed by atoms with Gasteiger partial charge in [0.2, 0.25) is 12.7 Å². The molecule has 5 rings (SSSR count). The van der Waals surface area contributed by atoms with Crippen LogP contribution in [0.3, 0.4) is 0 Å². The summed E-state index contributed by atoms with van der Waals surface area (Å²) >= 11 is 0. The quantitative estimate of drug-likeness (QED) is 0.320.